The molecule has 88 valence electrons. The van der Waals surface area contributed by atoms with E-state index in [2.05, 4.69) is 0 Å². The molecule has 8 heteroatoms. The Morgan fingerprint density at radius 1 is 0.714 bits per heavy atom. The lowest BCUT2D eigenvalue weighted by molar-refractivity contribution is -0.527. The van der Waals surface area contributed by atoms with Gasteiger partial charge in [0.1, 0.15) is 0 Å². The van der Waals surface area contributed by atoms with E-state index in [4.69, 9.17) is 29.8 Å². The van der Waals surface area contributed by atoms with Crippen LogP contribution < -0.4 is 0 Å². The first-order chi connectivity index (χ1) is 6.35. The summed E-state index contributed by atoms with van der Waals surface area (Å²) in [6, 6.07) is 0. The van der Waals surface area contributed by atoms with Crippen molar-refractivity contribution < 1.29 is 35.3 Å². The zero-order valence-electron chi connectivity index (χ0n) is 7.76. The maximum absolute atomic E-state index is 8.40. The van der Waals surface area contributed by atoms with Crippen LogP contribution >= 0.6 is 0 Å². The van der Waals surface area contributed by atoms with Gasteiger partial charge in [-0.1, -0.05) is 0 Å². The Labute approximate surface area is 81.4 Å². The van der Waals surface area contributed by atoms with Crippen LogP contribution in [0.4, 0.5) is 0 Å². The van der Waals surface area contributed by atoms with Crippen LogP contribution in [0.25, 0.3) is 0 Å². The minimum atomic E-state index is -0.179. The Kier molecular flexibility index (Phi) is 14.6. The Morgan fingerprint density at radius 3 is 1.21 bits per heavy atom. The van der Waals surface area contributed by atoms with Gasteiger partial charge in [-0.25, -0.2) is 14.5 Å². The van der Waals surface area contributed by atoms with Crippen molar-refractivity contribution in [3.63, 3.8) is 0 Å². The highest BCUT2D eigenvalue weighted by Crippen LogP contribution is 1.93. The average Bonchev–Trinajstić information content (AvgIpc) is 2.17. The molecule has 0 rings (SSSR count). The molecule has 0 atom stereocenters. The lowest BCUT2D eigenvalue weighted by Crippen LogP contribution is -2.28. The molecule has 14 heavy (non-hydrogen) atoms. The van der Waals surface area contributed by atoms with Gasteiger partial charge in [0.05, 0.1) is 45.0 Å². The molecule has 0 unspecified atom stereocenters. The van der Waals surface area contributed by atoms with Crippen molar-refractivity contribution in [3.05, 3.63) is 0 Å². The molecule has 0 saturated heterocycles. The summed E-state index contributed by atoms with van der Waals surface area (Å²) in [5.41, 5.74) is 0. The van der Waals surface area contributed by atoms with Crippen molar-refractivity contribution in [2.75, 3.05) is 39.6 Å². The van der Waals surface area contributed by atoms with E-state index in [1.54, 1.807) is 0 Å². The number of aliphatic hydroxyl groups is 3. The zero-order chi connectivity index (χ0) is 9.94. The maximum Gasteiger partial charge on any atom is 0.0967 e. The van der Waals surface area contributed by atoms with E-state index in [1.165, 1.54) is 0 Å². The number of hydrogen-bond donors (Lipinski definition) is 3. The van der Waals surface area contributed by atoms with Gasteiger partial charge in [-0.2, -0.15) is 0 Å². The quantitative estimate of drug-likeness (QED) is 0.356. The summed E-state index contributed by atoms with van der Waals surface area (Å²) >= 11 is 0. The summed E-state index contributed by atoms with van der Waals surface area (Å²) in [7, 11) is 0. The second kappa shape index (κ2) is 12.7. The third kappa shape index (κ3) is 9.77. The van der Waals surface area contributed by atoms with Crippen LogP contribution in [0.5, 0.6) is 0 Å². The molecule has 0 spiro atoms. The third-order valence-electron chi connectivity index (χ3n) is 0.864. The zero-order valence-corrected chi connectivity index (χ0v) is 7.76. The first kappa shape index (κ1) is 16.1. The first-order valence-corrected chi connectivity index (χ1v) is 3.86. The molecule has 0 aromatic carbocycles. The van der Waals surface area contributed by atoms with Crippen LogP contribution in [-0.4, -0.2) is 65.8 Å². The molecule has 0 aliphatic rings. The molecule has 0 fully saturated rings. The first-order valence-electron chi connectivity index (χ1n) is 3.86. The fourth-order valence-electron chi connectivity index (χ4n) is 0.458. The summed E-state index contributed by atoms with van der Waals surface area (Å²) < 4.78 is 0. The third-order valence-corrected chi connectivity index (χ3v) is 0.864. The van der Waals surface area contributed by atoms with Gasteiger partial charge in [-0.3, -0.25) is 0 Å². The van der Waals surface area contributed by atoms with Gasteiger partial charge in [0.25, 0.3) is 0 Å². The van der Waals surface area contributed by atoms with Crippen LogP contribution in [0.1, 0.15) is 0 Å². The van der Waals surface area contributed by atoms with Crippen molar-refractivity contribution >= 4 is 0 Å². The summed E-state index contributed by atoms with van der Waals surface area (Å²) in [6.45, 7) is -0.505. The highest BCUT2D eigenvalue weighted by Gasteiger charge is 2.05. The van der Waals surface area contributed by atoms with Gasteiger partial charge in [-0.05, 0) is 0 Å². The molecular formula is C6H17NO7. The Morgan fingerprint density at radius 2 is 1.00 bits per heavy atom. The van der Waals surface area contributed by atoms with E-state index in [0.717, 1.165) is 0 Å². The molecule has 5 N–H and O–H groups in total. The number of aliphatic hydroxyl groups excluding tert-OH is 3. The van der Waals surface area contributed by atoms with Crippen molar-refractivity contribution in [2.45, 2.75) is 0 Å². The predicted molar refractivity (Wildman–Crippen MR) is 44.6 cm³/mol. The Bertz CT molecular complexity index is 85.2. The fourth-order valence-corrected chi connectivity index (χ4v) is 0.458. The van der Waals surface area contributed by atoms with E-state index >= 15 is 0 Å². The molecule has 0 aliphatic carbocycles. The van der Waals surface area contributed by atoms with E-state index in [0.29, 0.717) is 5.39 Å². The molecule has 0 saturated carbocycles. The summed E-state index contributed by atoms with van der Waals surface area (Å²) in [6.07, 6.45) is 0. The van der Waals surface area contributed by atoms with Crippen molar-refractivity contribution in [3.8, 4) is 0 Å². The molecular weight excluding hydrogens is 198 g/mol. The SMILES string of the molecule is O.OCCON(OCCO)OCCO. The Hall–Kier alpha value is -0.320. The monoisotopic (exact) mass is 215 g/mol. The highest BCUT2D eigenvalue weighted by atomic mass is 17.2. The summed E-state index contributed by atoms with van der Waals surface area (Å²) in [4.78, 5) is 14.1. The summed E-state index contributed by atoms with van der Waals surface area (Å²) in [5, 5.41) is 25.9. The molecule has 0 aliphatic heterocycles. The second-order valence-corrected chi connectivity index (χ2v) is 1.89. The van der Waals surface area contributed by atoms with Gasteiger partial charge in [-0.15, -0.1) is 0 Å². The van der Waals surface area contributed by atoms with Crippen LogP contribution in [0.3, 0.4) is 0 Å². The lowest BCUT2D eigenvalue weighted by Gasteiger charge is -2.17. The molecule has 0 aromatic rings. The average molecular weight is 215 g/mol. The van der Waals surface area contributed by atoms with Crippen molar-refractivity contribution in [1.29, 1.82) is 0 Å². The van der Waals surface area contributed by atoms with Gasteiger partial charge < -0.3 is 20.8 Å². The normalized spacial score (nSPS) is 10.3. The minimum absolute atomic E-state index is 0. The summed E-state index contributed by atoms with van der Waals surface area (Å²) in [5.74, 6) is 0. The standard InChI is InChI=1S/C6H15NO6.H2O/c8-1-4-11-7(12-5-2-9)13-6-3-10;/h8-10H,1-6H2;1H2. The van der Waals surface area contributed by atoms with Crippen LogP contribution in [-0.2, 0) is 14.5 Å². The van der Waals surface area contributed by atoms with E-state index < -0.39 is 0 Å². The van der Waals surface area contributed by atoms with Gasteiger partial charge in [0.2, 0.25) is 0 Å². The predicted octanol–water partition coefficient (Wildman–Crippen LogP) is -2.76. The van der Waals surface area contributed by atoms with Crippen LogP contribution in [0.2, 0.25) is 0 Å². The molecule has 0 radical (unpaired) electrons. The number of rotatable bonds is 9. The maximum atomic E-state index is 8.40. The van der Waals surface area contributed by atoms with Gasteiger partial charge >= 0.3 is 0 Å². The molecule has 0 aromatic heterocycles. The Balaban J connectivity index is 0. The van der Waals surface area contributed by atoms with Crippen molar-refractivity contribution in [2.24, 2.45) is 0 Å². The largest absolute Gasteiger partial charge is 0.412 e. The topological polar surface area (TPSA) is 123 Å². The lowest BCUT2D eigenvalue weighted by atomic mass is 10.8. The molecule has 0 amide bonds. The van der Waals surface area contributed by atoms with Crippen LogP contribution in [0.15, 0.2) is 0 Å². The van der Waals surface area contributed by atoms with E-state index in [9.17, 15) is 0 Å². The second-order valence-electron chi connectivity index (χ2n) is 1.89. The highest BCUT2D eigenvalue weighted by molar-refractivity contribution is 4.19. The van der Waals surface area contributed by atoms with Crippen LogP contribution in [0, 0.1) is 0 Å². The smallest absolute Gasteiger partial charge is 0.0967 e. The minimum Gasteiger partial charge on any atom is -0.412 e. The molecule has 0 bridgehead atoms. The van der Waals surface area contributed by atoms with E-state index in [1.807, 2.05) is 0 Å². The van der Waals surface area contributed by atoms with Gasteiger partial charge in [0, 0.05) is 0 Å². The molecule has 0 heterocycles. The number of nitrogens with zero attached hydrogens (tertiary/aromatic N) is 1. The van der Waals surface area contributed by atoms with E-state index in [-0.39, 0.29) is 45.1 Å². The van der Waals surface area contributed by atoms with Crippen molar-refractivity contribution in [1.82, 2.24) is 5.39 Å². The fraction of sp³-hybridized carbons (Fsp3) is 1.00. The molecule has 8 nitrogen and oxygen atoms in total. The number of hydrogen-bond acceptors (Lipinski definition) is 7. The van der Waals surface area contributed by atoms with Gasteiger partial charge in [0.15, 0.2) is 0 Å².